The summed E-state index contributed by atoms with van der Waals surface area (Å²) >= 11 is 6.10. The van der Waals surface area contributed by atoms with Gasteiger partial charge in [-0.15, -0.1) is 0 Å². The Morgan fingerprint density at radius 3 is 2.58 bits per heavy atom. The number of rotatable bonds is 6. The Hall–Kier alpha value is -4.63. The highest BCUT2D eigenvalue weighted by molar-refractivity contribution is 6.31. The first kappa shape index (κ1) is 23.1. The molecule has 2 heterocycles. The van der Waals surface area contributed by atoms with Gasteiger partial charge in [0.15, 0.2) is 5.82 Å². The van der Waals surface area contributed by atoms with Gasteiger partial charge in [-0.05, 0) is 48.4 Å². The summed E-state index contributed by atoms with van der Waals surface area (Å²) in [7, 11) is 0. The zero-order chi connectivity index (χ0) is 25.2. The second-order valence-corrected chi connectivity index (χ2v) is 8.63. The number of hydrogen-bond acceptors (Lipinski definition) is 5. The minimum absolute atomic E-state index is 0.132. The van der Waals surface area contributed by atoms with Crippen LogP contribution in [0.4, 0.5) is 11.4 Å². The lowest BCUT2D eigenvalue weighted by molar-refractivity contribution is -0.115. The average Bonchev–Trinajstić information content (AvgIpc) is 3.49. The number of aromatic amines is 2. The summed E-state index contributed by atoms with van der Waals surface area (Å²) in [6, 6.07) is 19.6. The molecule has 5 rings (SSSR count). The van der Waals surface area contributed by atoms with Gasteiger partial charge in [0.25, 0.3) is 5.91 Å². The van der Waals surface area contributed by atoms with Crippen LogP contribution in [-0.4, -0.2) is 26.9 Å². The maximum atomic E-state index is 13.1. The van der Waals surface area contributed by atoms with Crippen LogP contribution in [0.3, 0.4) is 0 Å². The molecule has 2 aromatic heterocycles. The van der Waals surface area contributed by atoms with Gasteiger partial charge in [0.05, 0.1) is 23.3 Å². The standard InChI is InChI=1S/C26H20ClN5O4/c1-14-5-2-3-6-15(14)12-22(33)28-20-8-4-7-16-11-21(29-23(16)20)25(34)30-19-10-9-17(27)13-18(19)24-31-26(35)36-32-24/h2-11,13,29H,12H2,1H3,(H,28,33)(H,30,34)(H,31,32,35). The Kier molecular flexibility index (Phi) is 6.14. The molecule has 10 heteroatoms. The van der Waals surface area contributed by atoms with Crippen molar-refractivity contribution in [3.05, 3.63) is 99.1 Å². The summed E-state index contributed by atoms with van der Waals surface area (Å²) in [6.07, 6.45) is 0.237. The fourth-order valence-electron chi connectivity index (χ4n) is 3.92. The fraction of sp³-hybridized carbons (Fsp3) is 0.0769. The summed E-state index contributed by atoms with van der Waals surface area (Å²) in [4.78, 5) is 42.7. The number of para-hydroxylation sites is 1. The van der Waals surface area contributed by atoms with E-state index in [2.05, 4.69) is 30.3 Å². The largest absolute Gasteiger partial charge is 0.439 e. The van der Waals surface area contributed by atoms with E-state index in [1.807, 2.05) is 37.3 Å². The quantitative estimate of drug-likeness (QED) is 0.262. The molecule has 0 radical (unpaired) electrons. The van der Waals surface area contributed by atoms with Crippen molar-refractivity contribution in [1.29, 1.82) is 0 Å². The SMILES string of the molecule is Cc1ccccc1CC(=O)Nc1cccc2cc(C(=O)Nc3ccc(Cl)cc3-c3noc(=O)[nH]3)[nH]c12. The predicted molar refractivity (Wildman–Crippen MR) is 137 cm³/mol. The molecule has 0 atom stereocenters. The number of aromatic nitrogens is 3. The van der Waals surface area contributed by atoms with Crippen molar-refractivity contribution >= 4 is 45.7 Å². The summed E-state index contributed by atoms with van der Waals surface area (Å²) in [5.74, 6) is -1.19. The Morgan fingerprint density at radius 2 is 1.81 bits per heavy atom. The lowest BCUT2D eigenvalue weighted by atomic mass is 10.1. The fourth-order valence-corrected chi connectivity index (χ4v) is 4.09. The topological polar surface area (TPSA) is 133 Å². The molecule has 3 aromatic carbocycles. The Labute approximate surface area is 209 Å². The van der Waals surface area contributed by atoms with E-state index in [0.717, 1.165) is 16.5 Å². The summed E-state index contributed by atoms with van der Waals surface area (Å²) in [5, 5.41) is 10.6. The number of nitrogens with one attached hydrogen (secondary N) is 4. The molecule has 0 aliphatic carbocycles. The third-order valence-corrected chi connectivity index (χ3v) is 5.95. The number of carbonyl (C=O) groups is 2. The van der Waals surface area contributed by atoms with Gasteiger partial charge in [0, 0.05) is 16.0 Å². The molecule has 0 saturated heterocycles. The van der Waals surface area contributed by atoms with Gasteiger partial charge in [-0.2, -0.15) is 0 Å². The van der Waals surface area contributed by atoms with Crippen molar-refractivity contribution in [2.24, 2.45) is 0 Å². The molecule has 180 valence electrons. The molecule has 0 unspecified atom stereocenters. The molecule has 0 fully saturated rings. The Morgan fingerprint density at radius 1 is 0.972 bits per heavy atom. The Bertz CT molecular complexity index is 1670. The monoisotopic (exact) mass is 501 g/mol. The van der Waals surface area contributed by atoms with Crippen molar-refractivity contribution in [1.82, 2.24) is 15.1 Å². The molecule has 2 amide bonds. The number of carbonyl (C=O) groups excluding carboxylic acids is 2. The van der Waals surface area contributed by atoms with Gasteiger partial charge in [0.2, 0.25) is 5.91 Å². The van der Waals surface area contributed by atoms with Crippen LogP contribution >= 0.6 is 11.6 Å². The third kappa shape index (κ3) is 4.77. The predicted octanol–water partition coefficient (Wildman–Crippen LogP) is 4.91. The van der Waals surface area contributed by atoms with E-state index in [0.29, 0.717) is 27.5 Å². The van der Waals surface area contributed by atoms with E-state index in [-0.39, 0.29) is 23.8 Å². The molecular weight excluding hydrogens is 482 g/mol. The van der Waals surface area contributed by atoms with Gasteiger partial charge in [-0.3, -0.25) is 19.1 Å². The smallest absolute Gasteiger partial charge is 0.349 e. The van der Waals surface area contributed by atoms with Crippen molar-refractivity contribution in [3.63, 3.8) is 0 Å². The van der Waals surface area contributed by atoms with Gasteiger partial charge >= 0.3 is 5.76 Å². The summed E-state index contributed by atoms with van der Waals surface area (Å²) in [5.41, 5.74) is 4.22. The van der Waals surface area contributed by atoms with Crippen LogP contribution in [0.5, 0.6) is 0 Å². The van der Waals surface area contributed by atoms with Gasteiger partial charge in [-0.1, -0.05) is 53.2 Å². The van der Waals surface area contributed by atoms with Crippen LogP contribution < -0.4 is 16.4 Å². The molecule has 36 heavy (non-hydrogen) atoms. The van der Waals surface area contributed by atoms with Crippen molar-refractivity contribution in [2.75, 3.05) is 10.6 Å². The molecule has 9 nitrogen and oxygen atoms in total. The summed E-state index contributed by atoms with van der Waals surface area (Å²) in [6.45, 7) is 1.96. The van der Waals surface area contributed by atoms with Crippen LogP contribution in [0.2, 0.25) is 5.02 Å². The minimum atomic E-state index is -0.727. The first-order chi connectivity index (χ1) is 17.4. The van der Waals surface area contributed by atoms with Crippen LogP contribution in [0.25, 0.3) is 22.3 Å². The van der Waals surface area contributed by atoms with E-state index in [4.69, 9.17) is 11.6 Å². The van der Waals surface area contributed by atoms with E-state index in [1.54, 1.807) is 36.4 Å². The van der Waals surface area contributed by atoms with E-state index < -0.39 is 11.7 Å². The molecule has 0 bridgehead atoms. The minimum Gasteiger partial charge on any atom is -0.349 e. The number of halogens is 1. The molecule has 0 aliphatic heterocycles. The van der Waals surface area contributed by atoms with Crippen LogP contribution in [0, 0.1) is 6.92 Å². The molecule has 0 aliphatic rings. The molecule has 0 saturated carbocycles. The van der Waals surface area contributed by atoms with Gasteiger partial charge < -0.3 is 15.6 Å². The number of benzene rings is 3. The lowest BCUT2D eigenvalue weighted by Gasteiger charge is -2.09. The first-order valence-electron chi connectivity index (χ1n) is 11.0. The maximum absolute atomic E-state index is 13.1. The van der Waals surface area contributed by atoms with Crippen LogP contribution in [0.15, 0.2) is 76.0 Å². The van der Waals surface area contributed by atoms with Crippen molar-refractivity contribution in [2.45, 2.75) is 13.3 Å². The Balaban J connectivity index is 1.39. The number of aryl methyl sites for hydroxylation is 1. The zero-order valence-corrected chi connectivity index (χ0v) is 19.8. The van der Waals surface area contributed by atoms with Crippen molar-refractivity contribution < 1.29 is 14.1 Å². The number of amides is 2. The highest BCUT2D eigenvalue weighted by Crippen LogP contribution is 2.29. The molecule has 4 N–H and O–H groups in total. The van der Waals surface area contributed by atoms with E-state index in [9.17, 15) is 14.4 Å². The average molecular weight is 502 g/mol. The zero-order valence-electron chi connectivity index (χ0n) is 19.0. The highest BCUT2D eigenvalue weighted by atomic mass is 35.5. The second-order valence-electron chi connectivity index (χ2n) is 8.19. The summed E-state index contributed by atoms with van der Waals surface area (Å²) < 4.78 is 4.57. The number of fused-ring (bicyclic) bond motifs is 1. The lowest BCUT2D eigenvalue weighted by Crippen LogP contribution is -2.15. The normalized spacial score (nSPS) is 10.9. The second kappa shape index (κ2) is 9.55. The molecular formula is C26H20ClN5O4. The third-order valence-electron chi connectivity index (χ3n) is 5.71. The first-order valence-corrected chi connectivity index (χ1v) is 11.4. The molecule has 0 spiro atoms. The van der Waals surface area contributed by atoms with Gasteiger partial charge in [-0.25, -0.2) is 4.79 Å². The number of hydrogen-bond donors (Lipinski definition) is 4. The maximum Gasteiger partial charge on any atom is 0.439 e. The van der Waals surface area contributed by atoms with Gasteiger partial charge in [0.1, 0.15) is 5.69 Å². The number of anilines is 2. The molecule has 5 aromatic rings. The van der Waals surface area contributed by atoms with Crippen LogP contribution in [0.1, 0.15) is 21.6 Å². The number of H-pyrrole nitrogens is 2. The highest BCUT2D eigenvalue weighted by Gasteiger charge is 2.17. The van der Waals surface area contributed by atoms with E-state index in [1.165, 1.54) is 0 Å². The number of nitrogens with zero attached hydrogens (tertiary/aromatic N) is 1. The van der Waals surface area contributed by atoms with Crippen molar-refractivity contribution in [3.8, 4) is 11.4 Å². The van der Waals surface area contributed by atoms with E-state index >= 15 is 0 Å². The van der Waals surface area contributed by atoms with Crippen LogP contribution in [-0.2, 0) is 11.2 Å².